The molecule has 0 aliphatic heterocycles. The topological polar surface area (TPSA) is 53.4 Å². The standard InChI is InChI=1S/C5H4Cl2N2O2S/c1-9(11)5(10)3-2(6)4(7)8-12-3/h11H,1H3. The van der Waals surface area contributed by atoms with Gasteiger partial charge in [-0.15, -0.1) is 0 Å². The molecule has 1 aromatic rings. The van der Waals surface area contributed by atoms with Crippen molar-refractivity contribution in [2.75, 3.05) is 7.05 Å². The molecule has 66 valence electrons. The van der Waals surface area contributed by atoms with Crippen molar-refractivity contribution in [1.82, 2.24) is 9.44 Å². The molecular formula is C5H4Cl2N2O2S. The lowest BCUT2D eigenvalue weighted by molar-refractivity contribution is -0.0370. The molecule has 0 radical (unpaired) electrons. The van der Waals surface area contributed by atoms with Crippen LogP contribution in [0.4, 0.5) is 0 Å². The highest BCUT2D eigenvalue weighted by Gasteiger charge is 2.19. The van der Waals surface area contributed by atoms with Gasteiger partial charge >= 0.3 is 0 Å². The molecule has 0 bridgehead atoms. The third-order valence-electron chi connectivity index (χ3n) is 1.09. The van der Waals surface area contributed by atoms with E-state index in [9.17, 15) is 4.79 Å². The van der Waals surface area contributed by atoms with E-state index in [4.69, 9.17) is 28.4 Å². The zero-order chi connectivity index (χ0) is 9.30. The summed E-state index contributed by atoms with van der Waals surface area (Å²) in [5.74, 6) is -0.621. The van der Waals surface area contributed by atoms with E-state index in [-0.39, 0.29) is 15.1 Å². The second kappa shape index (κ2) is 3.57. The fourth-order valence-corrected chi connectivity index (χ4v) is 1.72. The quantitative estimate of drug-likeness (QED) is 0.588. The van der Waals surface area contributed by atoms with Gasteiger partial charge in [0.15, 0.2) is 5.15 Å². The van der Waals surface area contributed by atoms with Crippen molar-refractivity contribution >= 4 is 40.6 Å². The van der Waals surface area contributed by atoms with Crippen LogP contribution in [0.2, 0.25) is 10.2 Å². The molecule has 0 aromatic carbocycles. The molecule has 7 heteroatoms. The monoisotopic (exact) mass is 226 g/mol. The van der Waals surface area contributed by atoms with Gasteiger partial charge in [0.1, 0.15) is 9.90 Å². The molecule has 0 saturated carbocycles. The van der Waals surface area contributed by atoms with E-state index in [1.807, 2.05) is 0 Å². The number of carbonyl (C=O) groups is 1. The summed E-state index contributed by atoms with van der Waals surface area (Å²) in [6.07, 6.45) is 0. The minimum absolute atomic E-state index is 0.0758. The molecule has 0 fully saturated rings. The molecule has 4 nitrogen and oxygen atoms in total. The fourth-order valence-electron chi connectivity index (χ4n) is 0.539. The van der Waals surface area contributed by atoms with Gasteiger partial charge in [0.05, 0.1) is 0 Å². The van der Waals surface area contributed by atoms with Gasteiger partial charge < -0.3 is 0 Å². The van der Waals surface area contributed by atoms with E-state index in [0.717, 1.165) is 11.5 Å². The molecular weight excluding hydrogens is 223 g/mol. The van der Waals surface area contributed by atoms with E-state index in [1.165, 1.54) is 7.05 Å². The van der Waals surface area contributed by atoms with Gasteiger partial charge in [0, 0.05) is 7.05 Å². The molecule has 0 spiro atoms. The van der Waals surface area contributed by atoms with Gasteiger partial charge in [0.25, 0.3) is 5.91 Å². The zero-order valence-corrected chi connectivity index (χ0v) is 8.24. The number of hydroxylamine groups is 2. The Balaban J connectivity index is 3.04. The Hall–Kier alpha value is -0.360. The number of aromatic nitrogens is 1. The Bertz CT molecular complexity index is 312. The number of nitrogens with zero attached hydrogens (tertiary/aromatic N) is 2. The molecule has 0 atom stereocenters. The Morgan fingerprint density at radius 2 is 2.25 bits per heavy atom. The van der Waals surface area contributed by atoms with Crippen LogP contribution in [0.25, 0.3) is 0 Å². The van der Waals surface area contributed by atoms with Gasteiger partial charge in [0.2, 0.25) is 0 Å². The summed E-state index contributed by atoms with van der Waals surface area (Å²) in [6.45, 7) is 0. The average molecular weight is 227 g/mol. The molecule has 1 rings (SSSR count). The van der Waals surface area contributed by atoms with Crippen LogP contribution in [0.5, 0.6) is 0 Å². The molecule has 1 aromatic heterocycles. The van der Waals surface area contributed by atoms with Gasteiger partial charge in [-0.3, -0.25) is 10.0 Å². The van der Waals surface area contributed by atoms with Gasteiger partial charge in [-0.2, -0.15) is 4.37 Å². The van der Waals surface area contributed by atoms with Crippen LogP contribution in [0.3, 0.4) is 0 Å². The highest BCUT2D eigenvalue weighted by molar-refractivity contribution is 7.09. The molecule has 1 N–H and O–H groups in total. The average Bonchev–Trinajstić information content (AvgIpc) is 2.32. The Morgan fingerprint density at radius 3 is 2.58 bits per heavy atom. The number of hydrogen-bond acceptors (Lipinski definition) is 4. The predicted molar refractivity (Wildman–Crippen MR) is 46.0 cm³/mol. The second-order valence-electron chi connectivity index (χ2n) is 1.95. The van der Waals surface area contributed by atoms with E-state index in [1.54, 1.807) is 0 Å². The lowest BCUT2D eigenvalue weighted by atomic mass is 10.4. The van der Waals surface area contributed by atoms with Gasteiger partial charge in [-0.05, 0) is 11.5 Å². The minimum Gasteiger partial charge on any atom is -0.286 e. The molecule has 12 heavy (non-hydrogen) atoms. The maximum Gasteiger partial charge on any atom is 0.290 e. The Kier molecular flexibility index (Phi) is 2.89. The number of amides is 1. The van der Waals surface area contributed by atoms with Crippen molar-refractivity contribution in [3.8, 4) is 0 Å². The maximum atomic E-state index is 11.1. The third-order valence-corrected chi connectivity index (χ3v) is 2.87. The summed E-state index contributed by atoms with van der Waals surface area (Å²) < 4.78 is 3.64. The Labute approximate surface area is 82.4 Å². The van der Waals surface area contributed by atoms with Crippen LogP contribution in [0.1, 0.15) is 9.67 Å². The lowest BCUT2D eigenvalue weighted by Crippen LogP contribution is -2.21. The zero-order valence-electron chi connectivity index (χ0n) is 5.91. The molecule has 0 aliphatic carbocycles. The SMILES string of the molecule is CN(O)C(=O)c1snc(Cl)c1Cl. The second-order valence-corrected chi connectivity index (χ2v) is 3.45. The fraction of sp³-hybridized carbons (Fsp3) is 0.200. The summed E-state index contributed by atoms with van der Waals surface area (Å²) in [4.78, 5) is 11.2. The number of halogens is 2. The minimum atomic E-state index is -0.621. The summed E-state index contributed by atoms with van der Waals surface area (Å²) in [7, 11) is 1.20. The normalized spacial score (nSPS) is 10.0. The van der Waals surface area contributed by atoms with E-state index >= 15 is 0 Å². The highest BCUT2D eigenvalue weighted by atomic mass is 35.5. The summed E-state index contributed by atoms with van der Waals surface area (Å²) in [6, 6.07) is 0. The van der Waals surface area contributed by atoms with E-state index in [0.29, 0.717) is 5.06 Å². The van der Waals surface area contributed by atoms with Crippen LogP contribution in [0.15, 0.2) is 0 Å². The summed E-state index contributed by atoms with van der Waals surface area (Å²) >= 11 is 11.9. The van der Waals surface area contributed by atoms with Gasteiger partial charge in [-0.25, -0.2) is 5.06 Å². The van der Waals surface area contributed by atoms with Crippen molar-refractivity contribution in [1.29, 1.82) is 0 Å². The highest BCUT2D eigenvalue weighted by Crippen LogP contribution is 2.28. The Morgan fingerprint density at radius 1 is 1.67 bits per heavy atom. The van der Waals surface area contributed by atoms with Crippen molar-refractivity contribution in [2.24, 2.45) is 0 Å². The van der Waals surface area contributed by atoms with Crippen molar-refractivity contribution in [2.45, 2.75) is 0 Å². The first-order chi connectivity index (χ1) is 5.54. The maximum absolute atomic E-state index is 11.1. The van der Waals surface area contributed by atoms with Crippen molar-refractivity contribution in [3.05, 3.63) is 15.1 Å². The van der Waals surface area contributed by atoms with E-state index in [2.05, 4.69) is 4.37 Å². The largest absolute Gasteiger partial charge is 0.290 e. The van der Waals surface area contributed by atoms with Crippen LogP contribution >= 0.6 is 34.7 Å². The molecule has 1 amide bonds. The van der Waals surface area contributed by atoms with Crippen LogP contribution < -0.4 is 0 Å². The number of rotatable bonds is 1. The molecule has 1 heterocycles. The first kappa shape index (κ1) is 9.73. The van der Waals surface area contributed by atoms with Crippen molar-refractivity contribution in [3.63, 3.8) is 0 Å². The first-order valence-electron chi connectivity index (χ1n) is 2.81. The molecule has 0 unspecified atom stereocenters. The predicted octanol–water partition coefficient (Wildman–Crippen LogP) is 1.91. The van der Waals surface area contributed by atoms with Crippen LogP contribution in [0, 0.1) is 0 Å². The van der Waals surface area contributed by atoms with Crippen molar-refractivity contribution < 1.29 is 10.0 Å². The van der Waals surface area contributed by atoms with Gasteiger partial charge in [-0.1, -0.05) is 23.2 Å². The number of hydrogen-bond donors (Lipinski definition) is 1. The smallest absolute Gasteiger partial charge is 0.286 e. The van der Waals surface area contributed by atoms with E-state index < -0.39 is 5.91 Å². The van der Waals surface area contributed by atoms with Crippen LogP contribution in [-0.4, -0.2) is 27.6 Å². The molecule has 0 aliphatic rings. The third kappa shape index (κ3) is 1.69. The lowest BCUT2D eigenvalue weighted by Gasteiger charge is -2.04. The molecule has 0 saturated heterocycles. The number of carbonyl (C=O) groups excluding carboxylic acids is 1. The first-order valence-corrected chi connectivity index (χ1v) is 4.34. The summed E-state index contributed by atoms with van der Waals surface area (Å²) in [5.41, 5.74) is 0. The summed E-state index contributed by atoms with van der Waals surface area (Å²) in [5, 5.41) is 9.35. The van der Waals surface area contributed by atoms with Crippen LogP contribution in [-0.2, 0) is 0 Å².